The van der Waals surface area contributed by atoms with Crippen molar-refractivity contribution in [1.29, 1.82) is 0 Å². The van der Waals surface area contributed by atoms with Crippen LogP contribution in [0, 0.1) is 0 Å². The molecule has 0 atom stereocenters. The van der Waals surface area contributed by atoms with Gasteiger partial charge >= 0.3 is 0 Å². The topological polar surface area (TPSA) is 58.2 Å². The van der Waals surface area contributed by atoms with Crippen molar-refractivity contribution in [3.8, 4) is 0 Å². The largest absolute Gasteiger partial charge is 0.355 e. The number of carbonyl (C=O) groups is 2. The third-order valence-corrected chi connectivity index (χ3v) is 3.50. The molecule has 6 heteroatoms. The maximum atomic E-state index is 11.5. The SMILES string of the molecule is CNC(=O)c1ccc(/C=C2/SC(=S)NC2=O)cc1. The minimum Gasteiger partial charge on any atom is -0.355 e. The van der Waals surface area contributed by atoms with Crippen LogP contribution in [0.4, 0.5) is 0 Å². The summed E-state index contributed by atoms with van der Waals surface area (Å²) >= 11 is 6.13. The van der Waals surface area contributed by atoms with E-state index in [1.807, 2.05) is 0 Å². The van der Waals surface area contributed by atoms with Crippen LogP contribution in [-0.2, 0) is 4.79 Å². The van der Waals surface area contributed by atoms with Gasteiger partial charge in [0.25, 0.3) is 11.8 Å². The standard InChI is InChI=1S/C12H10N2O2S2/c1-13-10(15)8-4-2-7(3-5-8)6-9-11(16)14-12(17)18-9/h2-6H,1H3,(H,13,15)(H,14,16,17)/b9-6+. The highest BCUT2D eigenvalue weighted by molar-refractivity contribution is 8.26. The van der Waals surface area contributed by atoms with Crippen molar-refractivity contribution in [2.45, 2.75) is 0 Å². The Morgan fingerprint density at radius 1 is 1.39 bits per heavy atom. The fraction of sp³-hybridized carbons (Fsp3) is 0.0833. The van der Waals surface area contributed by atoms with Gasteiger partial charge in [0.05, 0.1) is 4.91 Å². The van der Waals surface area contributed by atoms with E-state index in [4.69, 9.17) is 12.2 Å². The molecule has 0 aliphatic carbocycles. The molecule has 0 bridgehead atoms. The van der Waals surface area contributed by atoms with Crippen LogP contribution in [0.5, 0.6) is 0 Å². The van der Waals surface area contributed by atoms with Gasteiger partial charge in [0, 0.05) is 12.6 Å². The van der Waals surface area contributed by atoms with Gasteiger partial charge in [-0.2, -0.15) is 0 Å². The molecular weight excluding hydrogens is 268 g/mol. The second-order valence-electron chi connectivity index (χ2n) is 3.55. The fourth-order valence-electron chi connectivity index (χ4n) is 1.45. The van der Waals surface area contributed by atoms with Gasteiger partial charge in [0.2, 0.25) is 0 Å². The number of hydrogen-bond acceptors (Lipinski definition) is 4. The van der Waals surface area contributed by atoms with Crippen molar-refractivity contribution in [3.63, 3.8) is 0 Å². The molecule has 1 aromatic rings. The molecule has 4 nitrogen and oxygen atoms in total. The van der Waals surface area contributed by atoms with E-state index in [0.29, 0.717) is 14.8 Å². The summed E-state index contributed by atoms with van der Waals surface area (Å²) in [6.45, 7) is 0. The molecule has 1 fully saturated rings. The van der Waals surface area contributed by atoms with Gasteiger partial charge in [-0.25, -0.2) is 0 Å². The van der Waals surface area contributed by atoms with Crippen LogP contribution < -0.4 is 10.6 Å². The highest BCUT2D eigenvalue weighted by Crippen LogP contribution is 2.25. The van der Waals surface area contributed by atoms with Crippen molar-refractivity contribution in [1.82, 2.24) is 10.6 Å². The smallest absolute Gasteiger partial charge is 0.263 e. The number of carbonyl (C=O) groups excluding carboxylic acids is 2. The van der Waals surface area contributed by atoms with E-state index in [2.05, 4.69) is 10.6 Å². The van der Waals surface area contributed by atoms with Gasteiger partial charge < -0.3 is 10.6 Å². The molecule has 2 N–H and O–H groups in total. The molecule has 2 amide bonds. The summed E-state index contributed by atoms with van der Waals surface area (Å²) in [5, 5.41) is 5.10. The number of rotatable bonds is 2. The summed E-state index contributed by atoms with van der Waals surface area (Å²) in [7, 11) is 1.58. The average molecular weight is 278 g/mol. The Morgan fingerprint density at radius 3 is 2.56 bits per heavy atom. The van der Waals surface area contributed by atoms with E-state index >= 15 is 0 Å². The lowest BCUT2D eigenvalue weighted by atomic mass is 10.1. The van der Waals surface area contributed by atoms with Gasteiger partial charge in [-0.05, 0) is 23.8 Å². The second kappa shape index (κ2) is 5.32. The number of benzene rings is 1. The first-order valence-electron chi connectivity index (χ1n) is 5.17. The molecular formula is C12H10N2O2S2. The summed E-state index contributed by atoms with van der Waals surface area (Å²) in [6.07, 6.45) is 1.74. The van der Waals surface area contributed by atoms with Crippen LogP contribution in [-0.4, -0.2) is 23.2 Å². The summed E-state index contributed by atoms with van der Waals surface area (Å²) < 4.78 is 0.466. The Bertz CT molecular complexity index is 550. The van der Waals surface area contributed by atoms with Crippen LogP contribution in [0.25, 0.3) is 6.08 Å². The maximum Gasteiger partial charge on any atom is 0.263 e. The summed E-state index contributed by atoms with van der Waals surface area (Å²) in [6, 6.07) is 6.99. The quantitative estimate of drug-likeness (QED) is 0.636. The van der Waals surface area contributed by atoms with Gasteiger partial charge in [-0.1, -0.05) is 36.1 Å². The Balaban J connectivity index is 2.21. The highest BCUT2D eigenvalue weighted by Gasteiger charge is 2.21. The molecule has 92 valence electrons. The predicted molar refractivity (Wildman–Crippen MR) is 76.1 cm³/mol. The van der Waals surface area contributed by atoms with Gasteiger partial charge in [-0.15, -0.1) is 0 Å². The van der Waals surface area contributed by atoms with E-state index in [0.717, 1.165) is 5.56 Å². The molecule has 2 rings (SSSR count). The first kappa shape index (κ1) is 12.8. The molecule has 0 radical (unpaired) electrons. The number of thioether (sulfide) groups is 1. The van der Waals surface area contributed by atoms with Gasteiger partial charge in [0.1, 0.15) is 4.32 Å². The predicted octanol–water partition coefficient (Wildman–Crippen LogP) is 1.53. The third-order valence-electron chi connectivity index (χ3n) is 2.34. The number of amides is 2. The Hall–Kier alpha value is -1.66. The minimum absolute atomic E-state index is 0.136. The first-order chi connectivity index (χ1) is 8.60. The normalized spacial score (nSPS) is 16.8. The van der Waals surface area contributed by atoms with E-state index in [1.54, 1.807) is 37.4 Å². The molecule has 1 aromatic carbocycles. The van der Waals surface area contributed by atoms with Gasteiger partial charge in [0.15, 0.2) is 0 Å². The minimum atomic E-state index is -0.180. The zero-order chi connectivity index (χ0) is 13.1. The molecule has 0 spiro atoms. The van der Waals surface area contributed by atoms with Crippen molar-refractivity contribution in [2.24, 2.45) is 0 Å². The fourth-order valence-corrected chi connectivity index (χ4v) is 2.49. The Morgan fingerprint density at radius 2 is 2.06 bits per heavy atom. The summed E-state index contributed by atoms with van der Waals surface area (Å²) in [5.41, 5.74) is 1.43. The molecule has 18 heavy (non-hydrogen) atoms. The summed E-state index contributed by atoms with van der Waals surface area (Å²) in [4.78, 5) is 23.4. The zero-order valence-electron chi connectivity index (χ0n) is 9.52. The molecule has 0 unspecified atom stereocenters. The number of hydrogen-bond donors (Lipinski definition) is 2. The monoisotopic (exact) mass is 278 g/mol. The third kappa shape index (κ3) is 2.77. The number of thiocarbonyl (C=S) groups is 1. The van der Waals surface area contributed by atoms with Crippen LogP contribution >= 0.6 is 24.0 Å². The van der Waals surface area contributed by atoms with Crippen LogP contribution in [0.15, 0.2) is 29.2 Å². The molecule has 1 aliphatic rings. The van der Waals surface area contributed by atoms with E-state index < -0.39 is 0 Å². The zero-order valence-corrected chi connectivity index (χ0v) is 11.2. The Kier molecular flexibility index (Phi) is 3.78. The van der Waals surface area contributed by atoms with Gasteiger partial charge in [-0.3, -0.25) is 9.59 Å². The molecule has 1 heterocycles. The van der Waals surface area contributed by atoms with Crippen LogP contribution in [0.3, 0.4) is 0 Å². The van der Waals surface area contributed by atoms with Crippen LogP contribution in [0.1, 0.15) is 15.9 Å². The second-order valence-corrected chi connectivity index (χ2v) is 5.27. The van der Waals surface area contributed by atoms with Crippen molar-refractivity contribution >= 4 is 46.2 Å². The molecule has 0 saturated carbocycles. The lowest BCUT2D eigenvalue weighted by Crippen LogP contribution is -2.17. The van der Waals surface area contributed by atoms with E-state index in [1.165, 1.54) is 11.8 Å². The van der Waals surface area contributed by atoms with E-state index in [9.17, 15) is 9.59 Å². The van der Waals surface area contributed by atoms with E-state index in [-0.39, 0.29) is 11.8 Å². The maximum absolute atomic E-state index is 11.5. The molecule has 1 saturated heterocycles. The van der Waals surface area contributed by atoms with Crippen molar-refractivity contribution in [2.75, 3.05) is 7.05 Å². The summed E-state index contributed by atoms with van der Waals surface area (Å²) in [5.74, 6) is -0.316. The molecule has 0 aromatic heterocycles. The molecule has 1 aliphatic heterocycles. The highest BCUT2D eigenvalue weighted by atomic mass is 32.2. The lowest BCUT2D eigenvalue weighted by Gasteiger charge is -2.00. The number of nitrogens with one attached hydrogen (secondary N) is 2. The van der Waals surface area contributed by atoms with Crippen LogP contribution in [0.2, 0.25) is 0 Å². The lowest BCUT2D eigenvalue weighted by molar-refractivity contribution is -0.115. The first-order valence-corrected chi connectivity index (χ1v) is 6.39. The average Bonchev–Trinajstić information content (AvgIpc) is 2.68. The van der Waals surface area contributed by atoms with Crippen molar-refractivity contribution in [3.05, 3.63) is 40.3 Å². The Labute approximate surface area is 114 Å². The van der Waals surface area contributed by atoms with Crippen molar-refractivity contribution < 1.29 is 9.59 Å².